The third kappa shape index (κ3) is 3.53. The molecule has 1 aromatic carbocycles. The van der Waals surface area contributed by atoms with Gasteiger partial charge in [-0.2, -0.15) is 0 Å². The first-order valence-corrected chi connectivity index (χ1v) is 9.92. The number of hydrogen-bond donors (Lipinski definition) is 0. The van der Waals surface area contributed by atoms with E-state index in [1.807, 2.05) is 30.3 Å². The Morgan fingerprint density at radius 1 is 1.21 bits per heavy atom. The fourth-order valence-electron chi connectivity index (χ4n) is 3.29. The SMILES string of the molecule is Cn1c(=O)n(Cc2ccccc2)c(=O)c2cc(C(=O)OC3CCOCC3)sc21. The first-order valence-electron chi connectivity index (χ1n) is 9.10. The lowest BCUT2D eigenvalue weighted by atomic mass is 10.1. The van der Waals surface area contributed by atoms with Crippen LogP contribution in [-0.4, -0.2) is 34.4 Å². The minimum Gasteiger partial charge on any atom is -0.458 e. The predicted octanol–water partition coefficient (Wildman–Crippen LogP) is 2.15. The number of aromatic nitrogens is 2. The molecule has 3 heterocycles. The van der Waals surface area contributed by atoms with Gasteiger partial charge in [0.2, 0.25) is 0 Å². The van der Waals surface area contributed by atoms with E-state index in [0.717, 1.165) is 16.9 Å². The lowest BCUT2D eigenvalue weighted by Crippen LogP contribution is -2.38. The summed E-state index contributed by atoms with van der Waals surface area (Å²) >= 11 is 1.11. The molecule has 146 valence electrons. The number of nitrogens with zero attached hydrogens (tertiary/aromatic N) is 2. The summed E-state index contributed by atoms with van der Waals surface area (Å²) in [6.45, 7) is 1.33. The topological polar surface area (TPSA) is 79.5 Å². The number of thiophene rings is 1. The number of hydrogen-bond acceptors (Lipinski definition) is 6. The molecule has 3 aromatic rings. The van der Waals surface area contributed by atoms with Crippen LogP contribution in [0.4, 0.5) is 0 Å². The van der Waals surface area contributed by atoms with E-state index in [-0.39, 0.29) is 12.6 Å². The Hall–Kier alpha value is -2.71. The molecular formula is C20H20N2O5S. The van der Waals surface area contributed by atoms with Crippen molar-refractivity contribution in [2.45, 2.75) is 25.5 Å². The molecule has 0 N–H and O–H groups in total. The van der Waals surface area contributed by atoms with Gasteiger partial charge in [-0.3, -0.25) is 13.9 Å². The minimum atomic E-state index is -0.463. The lowest BCUT2D eigenvalue weighted by molar-refractivity contribution is -0.0155. The average Bonchev–Trinajstić information content (AvgIpc) is 3.17. The quantitative estimate of drug-likeness (QED) is 0.627. The van der Waals surface area contributed by atoms with Gasteiger partial charge in [-0.25, -0.2) is 9.59 Å². The summed E-state index contributed by atoms with van der Waals surface area (Å²) in [4.78, 5) is 38.9. The summed E-state index contributed by atoms with van der Waals surface area (Å²) in [5.74, 6) is -0.463. The number of aryl methyl sites for hydroxylation is 1. The maximum atomic E-state index is 12.9. The van der Waals surface area contributed by atoms with Crippen LogP contribution in [-0.2, 0) is 23.1 Å². The van der Waals surface area contributed by atoms with Gasteiger partial charge < -0.3 is 9.47 Å². The van der Waals surface area contributed by atoms with Gasteiger partial charge in [0.25, 0.3) is 5.56 Å². The van der Waals surface area contributed by atoms with E-state index in [2.05, 4.69) is 0 Å². The zero-order valence-corrected chi connectivity index (χ0v) is 16.2. The summed E-state index contributed by atoms with van der Waals surface area (Å²) in [6.07, 6.45) is 1.16. The summed E-state index contributed by atoms with van der Waals surface area (Å²) in [5, 5.41) is 0.349. The molecular weight excluding hydrogens is 380 g/mol. The van der Waals surface area contributed by atoms with E-state index in [0.29, 0.717) is 41.1 Å². The molecule has 0 aliphatic carbocycles. The molecule has 0 unspecified atom stereocenters. The maximum absolute atomic E-state index is 12.9. The van der Waals surface area contributed by atoms with Gasteiger partial charge in [0, 0.05) is 19.9 Å². The van der Waals surface area contributed by atoms with Crippen LogP contribution in [0.1, 0.15) is 28.1 Å². The van der Waals surface area contributed by atoms with Crippen molar-refractivity contribution >= 4 is 27.5 Å². The number of rotatable bonds is 4. The molecule has 1 aliphatic rings. The van der Waals surface area contributed by atoms with Crippen molar-refractivity contribution in [3.05, 3.63) is 67.7 Å². The molecule has 8 heteroatoms. The van der Waals surface area contributed by atoms with Crippen LogP contribution in [0.2, 0.25) is 0 Å². The van der Waals surface area contributed by atoms with Crippen molar-refractivity contribution in [2.75, 3.05) is 13.2 Å². The van der Waals surface area contributed by atoms with E-state index in [1.54, 1.807) is 7.05 Å². The molecule has 1 fully saturated rings. The van der Waals surface area contributed by atoms with Crippen molar-refractivity contribution in [3.8, 4) is 0 Å². The van der Waals surface area contributed by atoms with Crippen molar-refractivity contribution in [1.82, 2.24) is 9.13 Å². The van der Waals surface area contributed by atoms with Crippen molar-refractivity contribution in [2.24, 2.45) is 7.05 Å². The summed E-state index contributed by atoms with van der Waals surface area (Å²) in [5.41, 5.74) is 0.0475. The molecule has 7 nitrogen and oxygen atoms in total. The Morgan fingerprint density at radius 3 is 2.64 bits per heavy atom. The Kier molecular flexibility index (Phi) is 5.15. The normalized spacial score (nSPS) is 15.0. The Morgan fingerprint density at radius 2 is 1.93 bits per heavy atom. The standard InChI is InChI=1S/C20H20N2O5S/c1-21-18-15(11-16(28-18)19(24)27-14-7-9-26-10-8-14)17(23)22(20(21)25)12-13-5-3-2-4-6-13/h2-6,11,14H,7-10,12H2,1H3. The predicted molar refractivity (Wildman–Crippen MR) is 106 cm³/mol. The fraction of sp³-hybridized carbons (Fsp3) is 0.350. The van der Waals surface area contributed by atoms with Gasteiger partial charge in [-0.15, -0.1) is 11.3 Å². The molecule has 28 heavy (non-hydrogen) atoms. The summed E-state index contributed by atoms with van der Waals surface area (Å²) < 4.78 is 13.4. The highest BCUT2D eigenvalue weighted by Crippen LogP contribution is 2.24. The molecule has 0 amide bonds. The molecule has 0 atom stereocenters. The van der Waals surface area contributed by atoms with Crippen molar-refractivity contribution < 1.29 is 14.3 Å². The van der Waals surface area contributed by atoms with Crippen molar-refractivity contribution in [1.29, 1.82) is 0 Å². The first kappa shape index (κ1) is 18.6. The van der Waals surface area contributed by atoms with E-state index in [9.17, 15) is 14.4 Å². The highest BCUT2D eigenvalue weighted by atomic mass is 32.1. The van der Waals surface area contributed by atoms with E-state index < -0.39 is 17.2 Å². The average molecular weight is 400 g/mol. The molecule has 0 bridgehead atoms. The van der Waals surface area contributed by atoms with Crippen LogP contribution < -0.4 is 11.2 Å². The van der Waals surface area contributed by atoms with E-state index >= 15 is 0 Å². The number of ether oxygens (including phenoxy) is 2. The summed E-state index contributed by atoms with van der Waals surface area (Å²) in [6, 6.07) is 10.9. The second-order valence-electron chi connectivity index (χ2n) is 6.77. The minimum absolute atomic E-state index is 0.176. The highest BCUT2D eigenvalue weighted by Gasteiger charge is 2.22. The molecule has 0 saturated carbocycles. The fourth-order valence-corrected chi connectivity index (χ4v) is 4.28. The second kappa shape index (κ2) is 7.73. The second-order valence-corrected chi connectivity index (χ2v) is 7.80. The highest BCUT2D eigenvalue weighted by molar-refractivity contribution is 7.20. The van der Waals surface area contributed by atoms with Gasteiger partial charge in [0.1, 0.15) is 15.8 Å². The Bertz CT molecular complexity index is 1120. The van der Waals surface area contributed by atoms with Crippen LogP contribution in [0.25, 0.3) is 10.2 Å². The number of carbonyl (C=O) groups excluding carboxylic acids is 1. The molecule has 1 saturated heterocycles. The molecule has 1 aliphatic heterocycles. The molecule has 2 aromatic heterocycles. The van der Waals surface area contributed by atoms with Crippen LogP contribution in [0.15, 0.2) is 46.0 Å². The Balaban J connectivity index is 1.70. The van der Waals surface area contributed by atoms with E-state index in [1.165, 1.54) is 15.2 Å². The third-order valence-corrected chi connectivity index (χ3v) is 6.03. The van der Waals surface area contributed by atoms with Crippen LogP contribution in [0, 0.1) is 0 Å². The number of benzene rings is 1. The first-order chi connectivity index (χ1) is 13.5. The van der Waals surface area contributed by atoms with Crippen LogP contribution >= 0.6 is 11.3 Å². The van der Waals surface area contributed by atoms with Gasteiger partial charge in [-0.1, -0.05) is 30.3 Å². The van der Waals surface area contributed by atoms with E-state index in [4.69, 9.17) is 9.47 Å². The van der Waals surface area contributed by atoms with Gasteiger partial charge >= 0.3 is 11.7 Å². The number of esters is 1. The third-order valence-electron chi connectivity index (χ3n) is 4.84. The zero-order chi connectivity index (χ0) is 19.7. The largest absolute Gasteiger partial charge is 0.458 e. The van der Waals surface area contributed by atoms with Gasteiger partial charge in [-0.05, 0) is 11.6 Å². The van der Waals surface area contributed by atoms with Gasteiger partial charge in [0.05, 0.1) is 25.1 Å². The number of carbonyl (C=O) groups is 1. The smallest absolute Gasteiger partial charge is 0.348 e. The van der Waals surface area contributed by atoms with Crippen LogP contribution in [0.3, 0.4) is 0 Å². The molecule has 0 radical (unpaired) electrons. The van der Waals surface area contributed by atoms with Gasteiger partial charge in [0.15, 0.2) is 0 Å². The molecule has 0 spiro atoms. The monoisotopic (exact) mass is 400 g/mol. The lowest BCUT2D eigenvalue weighted by Gasteiger charge is -2.21. The van der Waals surface area contributed by atoms with Crippen molar-refractivity contribution in [3.63, 3.8) is 0 Å². The zero-order valence-electron chi connectivity index (χ0n) is 15.4. The Labute approximate surface area is 164 Å². The summed E-state index contributed by atoms with van der Waals surface area (Å²) in [7, 11) is 1.61. The number of fused-ring (bicyclic) bond motifs is 1. The maximum Gasteiger partial charge on any atom is 0.348 e. The van der Waals surface area contributed by atoms with Crippen LogP contribution in [0.5, 0.6) is 0 Å². The molecule has 4 rings (SSSR count).